The molecule has 2 aliphatic rings. The molecule has 3 aromatic rings. The molecule has 8 heteroatoms. The van der Waals surface area contributed by atoms with Gasteiger partial charge in [0.1, 0.15) is 6.26 Å². The van der Waals surface area contributed by atoms with E-state index in [1.165, 1.54) is 38.8 Å². The molecule has 0 bridgehead atoms. The van der Waals surface area contributed by atoms with Crippen LogP contribution in [-0.2, 0) is 11.2 Å². The van der Waals surface area contributed by atoms with E-state index in [-0.39, 0.29) is 0 Å². The number of hydrogen-bond donors (Lipinski definition) is 2. The zero-order valence-electron chi connectivity index (χ0n) is 21.8. The Morgan fingerprint density at radius 2 is 1.84 bits per heavy atom. The van der Waals surface area contributed by atoms with Crippen molar-refractivity contribution in [2.75, 3.05) is 44.3 Å². The number of hydrogen-bond acceptors (Lipinski definition) is 6. The van der Waals surface area contributed by atoms with Crippen LogP contribution in [-0.4, -0.2) is 65.1 Å². The third-order valence-electron chi connectivity index (χ3n) is 7.39. The monoisotopic (exact) mass is 566 g/mol. The second kappa shape index (κ2) is 12.8. The number of halogens is 1. The Morgan fingerprint density at radius 3 is 2.58 bits per heavy atom. The Labute approximate surface area is 238 Å². The van der Waals surface area contributed by atoms with Crippen molar-refractivity contribution in [3.63, 3.8) is 0 Å². The smallest absolute Gasteiger partial charge is 0.153 e. The average molecular weight is 567 g/mol. The molecule has 2 fully saturated rings. The first-order chi connectivity index (χ1) is 18.5. The summed E-state index contributed by atoms with van der Waals surface area (Å²) in [4.78, 5) is 8.01. The fourth-order valence-electron chi connectivity index (χ4n) is 5.35. The first-order valence-corrected chi connectivity index (χ1v) is 16.0. The van der Waals surface area contributed by atoms with Gasteiger partial charge in [-0.2, -0.15) is 0 Å². The van der Waals surface area contributed by atoms with E-state index in [0.29, 0.717) is 23.3 Å². The third kappa shape index (κ3) is 6.89. The van der Waals surface area contributed by atoms with Gasteiger partial charge in [-0.3, -0.25) is 4.90 Å². The number of nitrogens with one attached hydrogen (secondary N) is 2. The van der Waals surface area contributed by atoms with Crippen LogP contribution in [0.2, 0.25) is 5.02 Å². The lowest BCUT2D eigenvalue weighted by Gasteiger charge is -2.36. The number of anilines is 1. The van der Waals surface area contributed by atoms with Crippen LogP contribution in [0.3, 0.4) is 0 Å². The lowest BCUT2D eigenvalue weighted by atomic mass is 10.0. The second-order valence-electron chi connectivity index (χ2n) is 10.1. The van der Waals surface area contributed by atoms with Crippen LogP contribution >= 0.6 is 22.9 Å². The quantitative estimate of drug-likeness (QED) is 0.220. The molecule has 200 valence electrons. The largest absolute Gasteiger partial charge is 0.612 e. The maximum absolute atomic E-state index is 12.0. The molecule has 0 saturated carbocycles. The van der Waals surface area contributed by atoms with Gasteiger partial charge in [-0.05, 0) is 91.9 Å². The average Bonchev–Trinajstić information content (AvgIpc) is 3.63. The predicted molar refractivity (Wildman–Crippen MR) is 163 cm³/mol. The number of benzene rings is 2. The molecule has 2 aromatic carbocycles. The highest BCUT2D eigenvalue weighted by atomic mass is 35.5. The maximum Gasteiger partial charge on any atom is 0.153 e. The van der Waals surface area contributed by atoms with Crippen molar-refractivity contribution in [2.24, 2.45) is 0 Å². The van der Waals surface area contributed by atoms with Crippen molar-refractivity contribution in [1.82, 2.24) is 9.80 Å². The summed E-state index contributed by atoms with van der Waals surface area (Å²) in [5, 5.41) is 13.0. The number of rotatable bonds is 9. The maximum atomic E-state index is 12.0. The van der Waals surface area contributed by atoms with E-state index in [9.17, 15) is 4.55 Å². The van der Waals surface area contributed by atoms with Crippen LogP contribution in [0.1, 0.15) is 30.6 Å². The molecule has 1 atom stereocenters. The van der Waals surface area contributed by atoms with Crippen molar-refractivity contribution < 1.29 is 4.55 Å². The predicted octanol–water partition coefficient (Wildman–Crippen LogP) is 6.84. The van der Waals surface area contributed by atoms with Crippen molar-refractivity contribution in [3.8, 4) is 10.4 Å². The molecule has 0 aliphatic carbocycles. The van der Waals surface area contributed by atoms with Gasteiger partial charge < -0.3 is 20.2 Å². The molecule has 5 nitrogen and oxygen atoms in total. The Morgan fingerprint density at radius 1 is 1.08 bits per heavy atom. The van der Waals surface area contributed by atoms with Gasteiger partial charge in [0.15, 0.2) is 4.90 Å². The van der Waals surface area contributed by atoms with Gasteiger partial charge in [0.25, 0.3) is 0 Å². The normalized spacial score (nSPS) is 18.6. The summed E-state index contributed by atoms with van der Waals surface area (Å²) in [6.07, 6.45) is 8.71. The minimum absolute atomic E-state index is 0.581. The summed E-state index contributed by atoms with van der Waals surface area (Å²) in [5.41, 5.74) is 3.30. The number of likely N-dealkylation sites (tertiary alicyclic amines) is 2. The van der Waals surface area contributed by atoms with Gasteiger partial charge in [-0.15, -0.1) is 11.3 Å². The second-order valence-corrected chi connectivity index (χ2v) is 13.0. The molecular formula is C30H35ClN4OS2. The van der Waals surface area contributed by atoms with Crippen LogP contribution in [0.15, 0.2) is 71.6 Å². The van der Waals surface area contributed by atoms with Gasteiger partial charge in [-0.1, -0.05) is 35.9 Å². The zero-order valence-corrected chi connectivity index (χ0v) is 24.2. The van der Waals surface area contributed by atoms with Gasteiger partial charge in [-0.25, -0.2) is 0 Å². The lowest BCUT2D eigenvalue weighted by molar-refractivity contribution is 0.137. The van der Waals surface area contributed by atoms with E-state index in [0.717, 1.165) is 44.7 Å². The molecule has 0 radical (unpaired) electrons. The zero-order chi connectivity index (χ0) is 26.5. The van der Waals surface area contributed by atoms with Crippen molar-refractivity contribution in [2.45, 2.75) is 36.6 Å². The highest BCUT2D eigenvalue weighted by molar-refractivity contribution is 7.90. The van der Waals surface area contributed by atoms with E-state index < -0.39 is 11.2 Å². The van der Waals surface area contributed by atoms with Crippen LogP contribution < -0.4 is 5.32 Å². The Hall–Kier alpha value is -2.13. The molecule has 1 unspecified atom stereocenters. The fraction of sp³-hybridized carbons (Fsp3) is 0.367. The summed E-state index contributed by atoms with van der Waals surface area (Å²) in [7, 11) is 0. The van der Waals surface area contributed by atoms with Crippen molar-refractivity contribution in [3.05, 3.63) is 76.6 Å². The number of para-hydroxylation sites is 1. The van der Waals surface area contributed by atoms with E-state index in [1.807, 2.05) is 54.6 Å². The summed E-state index contributed by atoms with van der Waals surface area (Å²) in [6.45, 7) is 5.24. The van der Waals surface area contributed by atoms with Crippen molar-refractivity contribution in [1.29, 1.82) is 5.41 Å². The molecule has 2 aliphatic heterocycles. The number of nitrogens with zero attached hydrogens (tertiary/aromatic N) is 2. The van der Waals surface area contributed by atoms with Gasteiger partial charge in [0.2, 0.25) is 0 Å². The highest BCUT2D eigenvalue weighted by Gasteiger charge is 2.26. The fourth-order valence-corrected chi connectivity index (χ4v) is 7.07. The summed E-state index contributed by atoms with van der Waals surface area (Å²) in [6, 6.07) is 20.5. The molecule has 0 spiro atoms. The van der Waals surface area contributed by atoms with Gasteiger partial charge in [0.05, 0.1) is 21.3 Å². The molecule has 2 N–H and O–H groups in total. The molecule has 2 saturated heterocycles. The van der Waals surface area contributed by atoms with Crippen LogP contribution in [0.5, 0.6) is 0 Å². The van der Waals surface area contributed by atoms with E-state index in [2.05, 4.69) is 27.2 Å². The number of thiophene rings is 1. The van der Waals surface area contributed by atoms with Crippen molar-refractivity contribution >= 4 is 51.2 Å². The Kier molecular flexibility index (Phi) is 9.25. The minimum Gasteiger partial charge on any atom is -0.612 e. The molecular weight excluding hydrogens is 532 g/mol. The highest BCUT2D eigenvalue weighted by Crippen LogP contribution is 2.34. The summed E-state index contributed by atoms with van der Waals surface area (Å²) in [5.74, 6) is 0. The first-order valence-electron chi connectivity index (χ1n) is 13.3. The van der Waals surface area contributed by atoms with Crippen LogP contribution in [0.25, 0.3) is 16.1 Å². The Balaban J connectivity index is 1.33. The van der Waals surface area contributed by atoms with Crippen LogP contribution in [0, 0.1) is 5.41 Å². The van der Waals surface area contributed by atoms with E-state index in [4.69, 9.17) is 17.0 Å². The summed E-state index contributed by atoms with van der Waals surface area (Å²) < 4.78 is 12.0. The first kappa shape index (κ1) is 27.4. The Bertz CT molecular complexity index is 1280. The molecule has 3 heterocycles. The van der Waals surface area contributed by atoms with Gasteiger partial charge >= 0.3 is 0 Å². The minimum atomic E-state index is -1.03. The van der Waals surface area contributed by atoms with Crippen LogP contribution in [0.4, 0.5) is 5.69 Å². The third-order valence-corrected chi connectivity index (χ3v) is 9.81. The SMILES string of the molecule is C[S+]([O-])c1cccc(-c2ccc(/C(=C/C(=N)CN3CCC(N4CCCC4)CC3)Nc3ccccc3Cl)s2)c1. The molecule has 5 rings (SSSR count). The molecule has 1 aromatic heterocycles. The standard InChI is InChI=1S/C30H35ClN4OS2/c1-38(36)25-8-6-7-22(19-25)29-11-12-30(37-29)28(33-27-10-3-2-9-26(27)31)20-23(32)21-34-17-13-24(14-18-34)35-15-4-5-16-35/h2-3,6-12,19-20,24,32-33H,4-5,13-18,21H2,1H3/b28-20-,32-23?. The topological polar surface area (TPSA) is 65.4 Å². The van der Waals surface area contributed by atoms with E-state index >= 15 is 0 Å². The number of piperidine rings is 1. The lowest BCUT2D eigenvalue weighted by Crippen LogP contribution is -2.45. The summed E-state index contributed by atoms with van der Waals surface area (Å²) >= 11 is 7.11. The van der Waals surface area contributed by atoms with Gasteiger partial charge in [0, 0.05) is 42.3 Å². The molecule has 0 amide bonds. The molecule has 38 heavy (non-hydrogen) atoms. The van der Waals surface area contributed by atoms with E-state index in [1.54, 1.807) is 17.6 Å².